The molecule has 170 valence electrons. The average Bonchev–Trinajstić information content (AvgIpc) is 3.42. The Labute approximate surface area is 197 Å². The van der Waals surface area contributed by atoms with Crippen molar-refractivity contribution in [3.8, 4) is 11.5 Å². The minimum atomic E-state index is -0.457. The van der Waals surface area contributed by atoms with Gasteiger partial charge < -0.3 is 4.42 Å². The summed E-state index contributed by atoms with van der Waals surface area (Å²) in [5.41, 5.74) is 1.81. The molecule has 0 aliphatic heterocycles. The molecule has 0 N–H and O–H groups in total. The van der Waals surface area contributed by atoms with Crippen molar-refractivity contribution in [1.82, 2.24) is 19.7 Å². The first-order valence-electron chi connectivity index (χ1n) is 10.7. The monoisotopic (exact) mass is 483 g/mol. The smallest absolute Gasteiger partial charge is 0.269 e. The Morgan fingerprint density at radius 3 is 2.82 bits per heavy atom. The highest BCUT2D eigenvalue weighted by molar-refractivity contribution is 7.98. The molecule has 0 unspecified atom stereocenters. The topological polar surface area (TPSA) is 117 Å². The summed E-state index contributed by atoms with van der Waals surface area (Å²) in [5.74, 6) is 1.68. The highest BCUT2D eigenvalue weighted by Gasteiger charge is 2.24. The minimum absolute atomic E-state index is 0.00207. The summed E-state index contributed by atoms with van der Waals surface area (Å²) in [5, 5.41) is 20.4. The number of rotatable bonds is 6. The second kappa shape index (κ2) is 8.71. The Balaban J connectivity index is 1.40. The molecular formula is C22H21N5O4S2. The van der Waals surface area contributed by atoms with Crippen molar-refractivity contribution >= 4 is 39.0 Å². The van der Waals surface area contributed by atoms with Crippen LogP contribution in [0, 0.1) is 16.0 Å². The van der Waals surface area contributed by atoms with Crippen LogP contribution in [0.2, 0.25) is 0 Å². The van der Waals surface area contributed by atoms with Crippen LogP contribution >= 0.6 is 23.1 Å². The maximum atomic E-state index is 13.3. The lowest BCUT2D eigenvalue weighted by Crippen LogP contribution is -2.23. The first kappa shape index (κ1) is 21.8. The highest BCUT2D eigenvalue weighted by Crippen LogP contribution is 2.36. The van der Waals surface area contributed by atoms with Crippen LogP contribution in [0.1, 0.15) is 36.6 Å². The van der Waals surface area contributed by atoms with Gasteiger partial charge in [-0.15, -0.1) is 21.5 Å². The molecule has 1 atom stereocenters. The van der Waals surface area contributed by atoms with Gasteiger partial charge in [-0.3, -0.25) is 19.5 Å². The van der Waals surface area contributed by atoms with Crippen molar-refractivity contribution in [2.75, 3.05) is 0 Å². The van der Waals surface area contributed by atoms with E-state index in [9.17, 15) is 14.9 Å². The first-order chi connectivity index (χ1) is 15.9. The Kier molecular flexibility index (Phi) is 5.75. The van der Waals surface area contributed by atoms with Gasteiger partial charge in [0.2, 0.25) is 11.8 Å². The van der Waals surface area contributed by atoms with Gasteiger partial charge in [-0.1, -0.05) is 18.7 Å². The lowest BCUT2D eigenvalue weighted by Gasteiger charge is -2.17. The van der Waals surface area contributed by atoms with E-state index in [0.29, 0.717) is 34.8 Å². The van der Waals surface area contributed by atoms with E-state index in [1.165, 1.54) is 34.3 Å². The van der Waals surface area contributed by atoms with Crippen molar-refractivity contribution in [2.24, 2.45) is 5.92 Å². The zero-order chi connectivity index (χ0) is 23.1. The van der Waals surface area contributed by atoms with E-state index in [1.54, 1.807) is 28.0 Å². The summed E-state index contributed by atoms with van der Waals surface area (Å²) in [6, 6.07) is 5.95. The molecule has 1 aromatic carbocycles. The van der Waals surface area contributed by atoms with Crippen LogP contribution in [0.5, 0.6) is 0 Å². The van der Waals surface area contributed by atoms with Crippen LogP contribution in [0.25, 0.3) is 21.7 Å². The maximum Gasteiger partial charge on any atom is 0.269 e. The van der Waals surface area contributed by atoms with Gasteiger partial charge in [0, 0.05) is 29.1 Å². The highest BCUT2D eigenvalue weighted by atomic mass is 32.2. The molecule has 0 saturated heterocycles. The molecule has 0 bridgehead atoms. The van der Waals surface area contributed by atoms with Gasteiger partial charge >= 0.3 is 0 Å². The van der Waals surface area contributed by atoms with Gasteiger partial charge in [-0.05, 0) is 49.8 Å². The quantitative estimate of drug-likeness (QED) is 0.165. The average molecular weight is 484 g/mol. The normalized spacial score (nSPS) is 15.6. The number of non-ortho nitro benzene ring substituents is 1. The van der Waals surface area contributed by atoms with E-state index in [1.807, 2.05) is 6.92 Å². The first-order valence-corrected chi connectivity index (χ1v) is 12.5. The van der Waals surface area contributed by atoms with E-state index in [0.717, 1.165) is 29.5 Å². The molecule has 0 fully saturated rings. The molecule has 9 nitrogen and oxygen atoms in total. The molecule has 1 aliphatic rings. The molecular weight excluding hydrogens is 462 g/mol. The molecule has 33 heavy (non-hydrogen) atoms. The zero-order valence-electron chi connectivity index (χ0n) is 18.1. The number of hydrogen-bond acceptors (Lipinski definition) is 9. The number of nitro benzene ring substituents is 1. The van der Waals surface area contributed by atoms with Gasteiger partial charge in [0.25, 0.3) is 11.2 Å². The number of nitrogens with zero attached hydrogens (tertiary/aromatic N) is 5. The Morgan fingerprint density at radius 1 is 1.30 bits per heavy atom. The van der Waals surface area contributed by atoms with Crippen LogP contribution in [-0.2, 0) is 25.1 Å². The predicted octanol–water partition coefficient (Wildman–Crippen LogP) is 4.85. The standard InChI is InChI=1S/C22H21N5O4S2/c1-3-26-21(28)18-15-9-4-12(2)10-16(15)33-20(18)23-22(26)32-11-17-24-25-19(31-17)13-5-7-14(8-6-13)27(29)30/h5-8,12H,3-4,9-11H2,1-2H3/t12-/m1/s1. The minimum Gasteiger partial charge on any atom is -0.420 e. The lowest BCUT2D eigenvalue weighted by atomic mass is 9.89. The van der Waals surface area contributed by atoms with Crippen molar-refractivity contribution in [3.63, 3.8) is 0 Å². The van der Waals surface area contributed by atoms with Gasteiger partial charge in [0.15, 0.2) is 5.16 Å². The van der Waals surface area contributed by atoms with E-state index < -0.39 is 4.92 Å². The number of fused-ring (bicyclic) bond motifs is 3. The van der Waals surface area contributed by atoms with Crippen LogP contribution in [-0.4, -0.2) is 24.7 Å². The molecule has 4 aromatic rings. The number of nitro groups is 1. The maximum absolute atomic E-state index is 13.3. The summed E-state index contributed by atoms with van der Waals surface area (Å²) >= 11 is 3.03. The zero-order valence-corrected chi connectivity index (χ0v) is 19.7. The van der Waals surface area contributed by atoms with Gasteiger partial charge in [0.1, 0.15) is 4.83 Å². The molecule has 0 saturated carbocycles. The fraction of sp³-hybridized carbons (Fsp3) is 0.364. The third-order valence-electron chi connectivity index (χ3n) is 5.81. The Morgan fingerprint density at radius 2 is 2.09 bits per heavy atom. The summed E-state index contributed by atoms with van der Waals surface area (Å²) in [4.78, 5) is 30.6. The number of aryl methyl sites for hydroxylation is 1. The summed E-state index contributed by atoms with van der Waals surface area (Å²) in [7, 11) is 0. The van der Waals surface area contributed by atoms with E-state index in [-0.39, 0.29) is 17.1 Å². The second-order valence-corrected chi connectivity index (χ2v) is 10.1. The molecule has 0 radical (unpaired) electrons. The van der Waals surface area contributed by atoms with E-state index in [4.69, 9.17) is 9.40 Å². The molecule has 5 rings (SSSR count). The Hall–Kier alpha value is -3.05. The number of hydrogen-bond donors (Lipinski definition) is 0. The predicted molar refractivity (Wildman–Crippen MR) is 127 cm³/mol. The van der Waals surface area contributed by atoms with Crippen LogP contribution in [0.3, 0.4) is 0 Å². The lowest BCUT2D eigenvalue weighted by molar-refractivity contribution is -0.384. The fourth-order valence-electron chi connectivity index (χ4n) is 4.07. The second-order valence-electron chi connectivity index (χ2n) is 8.07. The molecule has 0 spiro atoms. The Bertz CT molecular complexity index is 1410. The van der Waals surface area contributed by atoms with Crippen molar-refractivity contribution < 1.29 is 9.34 Å². The SMILES string of the molecule is CCn1c(SCc2nnc(-c3ccc([N+](=O)[O-])cc3)o2)nc2sc3c(c2c1=O)CC[C@@H](C)C3. The molecule has 11 heteroatoms. The summed E-state index contributed by atoms with van der Waals surface area (Å²) in [6.45, 7) is 4.73. The van der Waals surface area contributed by atoms with Crippen LogP contribution < -0.4 is 5.56 Å². The van der Waals surface area contributed by atoms with Crippen molar-refractivity contribution in [1.29, 1.82) is 0 Å². The fourth-order valence-corrected chi connectivity index (χ4v) is 6.40. The largest absolute Gasteiger partial charge is 0.420 e. The van der Waals surface area contributed by atoms with Gasteiger partial charge in [0.05, 0.1) is 16.1 Å². The van der Waals surface area contributed by atoms with Crippen molar-refractivity contribution in [2.45, 2.75) is 50.6 Å². The summed E-state index contributed by atoms with van der Waals surface area (Å²) in [6.07, 6.45) is 3.06. The van der Waals surface area contributed by atoms with Gasteiger partial charge in [-0.2, -0.15) is 0 Å². The molecule has 1 aliphatic carbocycles. The van der Waals surface area contributed by atoms with E-state index >= 15 is 0 Å². The number of benzene rings is 1. The summed E-state index contributed by atoms with van der Waals surface area (Å²) < 4.78 is 7.45. The number of aromatic nitrogens is 4. The molecule has 3 heterocycles. The van der Waals surface area contributed by atoms with Crippen LogP contribution in [0.4, 0.5) is 5.69 Å². The third-order valence-corrected chi connectivity index (χ3v) is 7.92. The van der Waals surface area contributed by atoms with Gasteiger partial charge in [-0.25, -0.2) is 4.98 Å². The number of thiophene rings is 1. The molecule has 0 amide bonds. The van der Waals surface area contributed by atoms with Crippen LogP contribution in [0.15, 0.2) is 38.6 Å². The van der Waals surface area contributed by atoms with Crippen molar-refractivity contribution in [3.05, 3.63) is 61.1 Å². The molecule has 3 aromatic heterocycles. The third kappa shape index (κ3) is 4.06. The number of thioether (sulfide) groups is 1. The van der Waals surface area contributed by atoms with E-state index in [2.05, 4.69) is 17.1 Å².